The van der Waals surface area contributed by atoms with Crippen molar-refractivity contribution in [1.82, 2.24) is 19.7 Å². The van der Waals surface area contributed by atoms with Gasteiger partial charge in [-0.05, 0) is 45.3 Å². The Bertz CT molecular complexity index is 674. The van der Waals surface area contributed by atoms with Crippen LogP contribution in [-0.4, -0.2) is 83.6 Å². The van der Waals surface area contributed by atoms with Gasteiger partial charge >= 0.3 is 0 Å². The molecule has 148 valence electrons. The zero-order valence-electron chi connectivity index (χ0n) is 16.3. The zero-order chi connectivity index (χ0) is 18.9. The number of pyridine rings is 1. The van der Waals surface area contributed by atoms with Gasteiger partial charge in [0.2, 0.25) is 5.91 Å². The molecule has 4 rings (SSSR count). The summed E-state index contributed by atoms with van der Waals surface area (Å²) in [5.74, 6) is 0.916. The van der Waals surface area contributed by atoms with Crippen LogP contribution in [0.25, 0.3) is 0 Å². The summed E-state index contributed by atoms with van der Waals surface area (Å²) in [7, 11) is 2.06. The standard InChI is InChI=1S/C20H31N5O2/c1-23-9-3-5-17(23)19(26)25-10-6-20(7-11-25)15-24(12-13-27-20)14-16-4-2-8-22-18(16)21/h2,4,8,17H,3,5-7,9-15H2,1H3,(H2,21,22)/t17-/m0/s1. The lowest BCUT2D eigenvalue weighted by molar-refractivity contribution is -0.153. The van der Waals surface area contributed by atoms with Gasteiger partial charge in [0.15, 0.2) is 0 Å². The molecular weight excluding hydrogens is 342 g/mol. The van der Waals surface area contributed by atoms with Crippen molar-refractivity contribution in [3.63, 3.8) is 0 Å². The predicted molar refractivity (Wildman–Crippen MR) is 104 cm³/mol. The normalized spacial score (nSPS) is 26.6. The second kappa shape index (κ2) is 7.73. The van der Waals surface area contributed by atoms with Crippen LogP contribution in [0.5, 0.6) is 0 Å². The van der Waals surface area contributed by atoms with Crippen LogP contribution < -0.4 is 5.73 Å². The first-order valence-corrected chi connectivity index (χ1v) is 10.1. The predicted octanol–water partition coefficient (Wildman–Crippen LogP) is 0.951. The minimum atomic E-state index is -0.131. The van der Waals surface area contributed by atoms with E-state index in [1.165, 1.54) is 0 Å². The van der Waals surface area contributed by atoms with Gasteiger partial charge in [0, 0.05) is 44.5 Å². The molecule has 3 saturated heterocycles. The van der Waals surface area contributed by atoms with Crippen LogP contribution in [0.2, 0.25) is 0 Å². The fourth-order valence-electron chi connectivity index (χ4n) is 4.75. The lowest BCUT2D eigenvalue weighted by atomic mass is 9.88. The molecule has 1 aromatic heterocycles. The molecule has 1 atom stereocenters. The lowest BCUT2D eigenvalue weighted by Gasteiger charge is -2.47. The number of nitrogen functional groups attached to an aromatic ring is 1. The van der Waals surface area contributed by atoms with Gasteiger partial charge in [-0.25, -0.2) is 4.98 Å². The summed E-state index contributed by atoms with van der Waals surface area (Å²) >= 11 is 0. The second-order valence-electron chi connectivity index (χ2n) is 8.25. The van der Waals surface area contributed by atoms with E-state index in [2.05, 4.69) is 26.7 Å². The second-order valence-corrected chi connectivity index (χ2v) is 8.25. The number of likely N-dealkylation sites (tertiary alicyclic amines) is 2. The van der Waals surface area contributed by atoms with Crippen molar-refractivity contribution in [2.24, 2.45) is 0 Å². The number of amides is 1. The number of hydrogen-bond donors (Lipinski definition) is 1. The monoisotopic (exact) mass is 373 g/mol. The molecule has 1 amide bonds. The van der Waals surface area contributed by atoms with Crippen molar-refractivity contribution in [3.8, 4) is 0 Å². The van der Waals surface area contributed by atoms with Crippen molar-refractivity contribution < 1.29 is 9.53 Å². The topological polar surface area (TPSA) is 74.9 Å². The Morgan fingerprint density at radius 2 is 2.15 bits per heavy atom. The van der Waals surface area contributed by atoms with E-state index < -0.39 is 0 Å². The van der Waals surface area contributed by atoms with Crippen molar-refractivity contribution in [1.29, 1.82) is 0 Å². The van der Waals surface area contributed by atoms with Crippen LogP contribution in [0, 0.1) is 0 Å². The number of rotatable bonds is 3. The Kier molecular flexibility index (Phi) is 5.34. The van der Waals surface area contributed by atoms with E-state index in [-0.39, 0.29) is 11.6 Å². The molecule has 0 bridgehead atoms. The molecule has 4 heterocycles. The number of carbonyl (C=O) groups is 1. The Morgan fingerprint density at radius 1 is 1.33 bits per heavy atom. The molecule has 1 aromatic rings. The zero-order valence-corrected chi connectivity index (χ0v) is 16.3. The summed E-state index contributed by atoms with van der Waals surface area (Å²) in [6.07, 6.45) is 5.67. The van der Waals surface area contributed by atoms with Gasteiger partial charge in [-0.2, -0.15) is 0 Å². The van der Waals surface area contributed by atoms with Gasteiger partial charge in [-0.1, -0.05) is 6.07 Å². The van der Waals surface area contributed by atoms with E-state index in [1.807, 2.05) is 12.1 Å². The highest BCUT2D eigenvalue weighted by Crippen LogP contribution is 2.32. The van der Waals surface area contributed by atoms with Crippen LogP contribution in [0.15, 0.2) is 18.3 Å². The van der Waals surface area contributed by atoms with E-state index in [0.29, 0.717) is 11.7 Å². The summed E-state index contributed by atoms with van der Waals surface area (Å²) in [6, 6.07) is 4.06. The van der Waals surface area contributed by atoms with Crippen molar-refractivity contribution >= 4 is 11.7 Å². The van der Waals surface area contributed by atoms with Gasteiger partial charge in [0.1, 0.15) is 5.82 Å². The molecule has 0 saturated carbocycles. The summed E-state index contributed by atoms with van der Waals surface area (Å²) < 4.78 is 6.24. The molecule has 3 fully saturated rings. The van der Waals surface area contributed by atoms with E-state index in [0.717, 1.165) is 77.1 Å². The third-order valence-electron chi connectivity index (χ3n) is 6.44. The summed E-state index contributed by atoms with van der Waals surface area (Å²) in [5.41, 5.74) is 6.96. The van der Waals surface area contributed by atoms with Gasteiger partial charge < -0.3 is 15.4 Å². The number of carbonyl (C=O) groups excluding carboxylic acids is 1. The van der Waals surface area contributed by atoms with Gasteiger partial charge in [-0.3, -0.25) is 14.6 Å². The molecule has 1 spiro atoms. The minimum absolute atomic E-state index is 0.0800. The summed E-state index contributed by atoms with van der Waals surface area (Å²) in [6.45, 7) is 5.97. The number of nitrogens with two attached hydrogens (primary N) is 1. The first kappa shape index (κ1) is 18.7. The Morgan fingerprint density at radius 3 is 2.85 bits per heavy atom. The van der Waals surface area contributed by atoms with Gasteiger partial charge in [0.05, 0.1) is 18.2 Å². The van der Waals surface area contributed by atoms with Crippen LogP contribution in [0.1, 0.15) is 31.2 Å². The fourth-order valence-corrected chi connectivity index (χ4v) is 4.75. The lowest BCUT2D eigenvalue weighted by Crippen LogP contribution is -2.58. The molecule has 7 nitrogen and oxygen atoms in total. The Labute approximate surface area is 161 Å². The molecule has 3 aliphatic rings. The van der Waals surface area contributed by atoms with Crippen molar-refractivity contribution in [2.75, 3.05) is 52.1 Å². The Balaban J connectivity index is 1.34. The maximum absolute atomic E-state index is 12.8. The number of likely N-dealkylation sites (N-methyl/N-ethyl adjacent to an activating group) is 1. The molecular formula is C20H31N5O2. The highest BCUT2D eigenvalue weighted by Gasteiger charge is 2.42. The van der Waals surface area contributed by atoms with Crippen LogP contribution in [0.3, 0.4) is 0 Å². The average molecular weight is 374 g/mol. The van der Waals surface area contributed by atoms with Crippen molar-refractivity contribution in [3.05, 3.63) is 23.9 Å². The molecule has 7 heteroatoms. The molecule has 27 heavy (non-hydrogen) atoms. The number of morpholine rings is 1. The number of ether oxygens (including phenoxy) is 1. The van der Waals surface area contributed by atoms with Crippen LogP contribution in [0.4, 0.5) is 5.82 Å². The van der Waals surface area contributed by atoms with Gasteiger partial charge in [-0.15, -0.1) is 0 Å². The van der Waals surface area contributed by atoms with E-state index >= 15 is 0 Å². The maximum atomic E-state index is 12.8. The van der Waals surface area contributed by atoms with Crippen molar-refractivity contribution in [2.45, 2.75) is 43.9 Å². The first-order valence-electron chi connectivity index (χ1n) is 10.1. The molecule has 3 aliphatic heterocycles. The molecule has 2 N–H and O–H groups in total. The van der Waals surface area contributed by atoms with E-state index in [1.54, 1.807) is 6.20 Å². The summed E-state index contributed by atoms with van der Waals surface area (Å²) in [5, 5.41) is 0. The average Bonchev–Trinajstić information content (AvgIpc) is 3.10. The molecule has 0 aliphatic carbocycles. The number of hydrogen-bond acceptors (Lipinski definition) is 6. The van der Waals surface area contributed by atoms with Crippen LogP contribution in [-0.2, 0) is 16.1 Å². The molecule has 0 unspecified atom stereocenters. The number of anilines is 1. The first-order chi connectivity index (χ1) is 13.1. The number of piperidine rings is 1. The van der Waals surface area contributed by atoms with E-state index in [9.17, 15) is 4.79 Å². The summed E-state index contributed by atoms with van der Waals surface area (Å²) in [4.78, 5) is 23.7. The number of nitrogens with zero attached hydrogens (tertiary/aromatic N) is 4. The highest BCUT2D eigenvalue weighted by atomic mass is 16.5. The largest absolute Gasteiger partial charge is 0.383 e. The minimum Gasteiger partial charge on any atom is -0.383 e. The quantitative estimate of drug-likeness (QED) is 0.850. The van der Waals surface area contributed by atoms with Crippen LogP contribution >= 0.6 is 0 Å². The Hall–Kier alpha value is -1.70. The maximum Gasteiger partial charge on any atom is 0.239 e. The SMILES string of the molecule is CN1CCC[C@H]1C(=O)N1CCC2(CC1)CN(Cc1cccnc1N)CCO2. The third kappa shape index (κ3) is 3.95. The van der Waals surface area contributed by atoms with Gasteiger partial charge in [0.25, 0.3) is 0 Å². The molecule has 0 aromatic carbocycles. The smallest absolute Gasteiger partial charge is 0.239 e. The number of aromatic nitrogens is 1. The third-order valence-corrected chi connectivity index (χ3v) is 6.44. The highest BCUT2D eigenvalue weighted by molar-refractivity contribution is 5.82. The van der Waals surface area contributed by atoms with E-state index in [4.69, 9.17) is 10.5 Å². The molecule has 0 radical (unpaired) electrons. The fraction of sp³-hybridized carbons (Fsp3) is 0.700.